The van der Waals surface area contributed by atoms with Gasteiger partial charge in [0.15, 0.2) is 0 Å². The van der Waals surface area contributed by atoms with Crippen molar-refractivity contribution < 1.29 is 9.90 Å². The van der Waals surface area contributed by atoms with E-state index in [0.717, 1.165) is 0 Å². The van der Waals surface area contributed by atoms with Crippen LogP contribution in [0.15, 0.2) is 47.5 Å². The first kappa shape index (κ1) is 12.7. The Morgan fingerprint density at radius 2 is 1.95 bits per heavy atom. The minimum atomic E-state index is -0.195. The lowest BCUT2D eigenvalue weighted by Crippen LogP contribution is -2.13. The summed E-state index contributed by atoms with van der Waals surface area (Å²) < 4.78 is 0. The molecule has 0 saturated carbocycles. The predicted octanol–water partition coefficient (Wildman–Crippen LogP) is 2.84. The van der Waals surface area contributed by atoms with Crippen LogP contribution in [-0.4, -0.2) is 23.3 Å². The number of para-hydroxylation sites is 1. The molecule has 3 rings (SSSR count). The Labute approximate surface area is 120 Å². The Morgan fingerprint density at radius 1 is 1.15 bits per heavy atom. The number of aromatic hydroxyl groups is 1. The minimum Gasteiger partial charge on any atom is -0.507 e. The second-order valence-corrected chi connectivity index (χ2v) is 4.86. The molecule has 0 radical (unpaired) electrons. The second-order valence-electron chi connectivity index (χ2n) is 4.42. The number of nitrogens with one attached hydrogen (secondary N) is 1. The molecule has 4 nitrogen and oxygen atoms in total. The van der Waals surface area contributed by atoms with Crippen molar-refractivity contribution >= 4 is 28.9 Å². The lowest BCUT2D eigenvalue weighted by atomic mass is 10.00. The number of phenolic OH excluding ortho intramolecular Hbond substituents is 1. The van der Waals surface area contributed by atoms with Crippen molar-refractivity contribution in [2.45, 2.75) is 0 Å². The number of benzodiazepines with no additional fused rings is 1. The monoisotopic (exact) mass is 286 g/mol. The molecule has 0 unspecified atom stereocenters. The Bertz CT molecular complexity index is 726. The predicted molar refractivity (Wildman–Crippen MR) is 78.7 cm³/mol. The number of hydrogen-bond donors (Lipinski definition) is 2. The topological polar surface area (TPSA) is 61.7 Å². The van der Waals surface area contributed by atoms with Gasteiger partial charge in [-0.05, 0) is 30.3 Å². The van der Waals surface area contributed by atoms with Gasteiger partial charge in [0.1, 0.15) is 12.3 Å². The summed E-state index contributed by atoms with van der Waals surface area (Å²) in [4.78, 5) is 16.0. The minimum absolute atomic E-state index is 0.00989. The van der Waals surface area contributed by atoms with Crippen molar-refractivity contribution in [3.63, 3.8) is 0 Å². The van der Waals surface area contributed by atoms with E-state index in [1.807, 2.05) is 6.07 Å². The zero-order chi connectivity index (χ0) is 14.1. The maximum atomic E-state index is 11.7. The highest BCUT2D eigenvalue weighted by Gasteiger charge is 2.19. The molecule has 0 bridgehead atoms. The zero-order valence-electron chi connectivity index (χ0n) is 10.4. The van der Waals surface area contributed by atoms with Crippen molar-refractivity contribution in [3.8, 4) is 5.75 Å². The van der Waals surface area contributed by atoms with E-state index in [0.29, 0.717) is 27.5 Å². The quantitative estimate of drug-likeness (QED) is 0.847. The summed E-state index contributed by atoms with van der Waals surface area (Å²) in [6.45, 7) is 0.00989. The summed E-state index contributed by atoms with van der Waals surface area (Å²) in [7, 11) is 0. The first-order valence-corrected chi connectivity index (χ1v) is 6.45. The van der Waals surface area contributed by atoms with Gasteiger partial charge in [0, 0.05) is 16.1 Å². The van der Waals surface area contributed by atoms with Crippen LogP contribution in [0.2, 0.25) is 5.02 Å². The Kier molecular flexibility index (Phi) is 3.16. The van der Waals surface area contributed by atoms with Crippen LogP contribution in [0, 0.1) is 0 Å². The van der Waals surface area contributed by atoms with Gasteiger partial charge >= 0.3 is 0 Å². The number of phenols is 1. The van der Waals surface area contributed by atoms with Crippen LogP contribution < -0.4 is 5.32 Å². The van der Waals surface area contributed by atoms with Gasteiger partial charge in [-0.15, -0.1) is 0 Å². The van der Waals surface area contributed by atoms with Crippen LogP contribution in [0.3, 0.4) is 0 Å². The van der Waals surface area contributed by atoms with E-state index in [1.54, 1.807) is 36.4 Å². The van der Waals surface area contributed by atoms with Crippen molar-refractivity contribution in [1.29, 1.82) is 0 Å². The van der Waals surface area contributed by atoms with Crippen LogP contribution in [-0.2, 0) is 4.79 Å². The van der Waals surface area contributed by atoms with Gasteiger partial charge in [-0.3, -0.25) is 9.79 Å². The fourth-order valence-electron chi connectivity index (χ4n) is 2.15. The molecule has 1 aliphatic heterocycles. The molecule has 0 aromatic heterocycles. The molecular weight excluding hydrogens is 276 g/mol. The fourth-order valence-corrected chi connectivity index (χ4v) is 2.32. The number of nitrogens with zero attached hydrogens (tertiary/aromatic N) is 1. The number of carbonyl (C=O) groups excluding carboxylic acids is 1. The Hall–Kier alpha value is -2.33. The average molecular weight is 287 g/mol. The smallest absolute Gasteiger partial charge is 0.246 e. The molecule has 20 heavy (non-hydrogen) atoms. The Morgan fingerprint density at radius 3 is 2.75 bits per heavy atom. The van der Waals surface area contributed by atoms with Gasteiger partial charge in [-0.25, -0.2) is 0 Å². The summed E-state index contributed by atoms with van der Waals surface area (Å²) >= 11 is 6.03. The van der Waals surface area contributed by atoms with E-state index < -0.39 is 0 Å². The molecule has 2 aromatic carbocycles. The number of carbonyl (C=O) groups is 1. The molecule has 1 aliphatic rings. The zero-order valence-corrected chi connectivity index (χ0v) is 11.2. The molecule has 5 heteroatoms. The molecule has 0 aliphatic carbocycles. The maximum absolute atomic E-state index is 11.7. The summed E-state index contributed by atoms with van der Waals surface area (Å²) in [5, 5.41) is 13.3. The van der Waals surface area contributed by atoms with Gasteiger partial charge in [0.25, 0.3) is 0 Å². The normalized spacial score (nSPS) is 14.1. The first-order valence-electron chi connectivity index (χ1n) is 6.08. The molecule has 2 aromatic rings. The lowest BCUT2D eigenvalue weighted by Gasteiger charge is -2.11. The maximum Gasteiger partial charge on any atom is 0.246 e. The number of rotatable bonds is 1. The molecule has 2 N–H and O–H groups in total. The molecule has 1 amide bonds. The molecule has 0 spiro atoms. The number of halogens is 1. The fraction of sp³-hybridized carbons (Fsp3) is 0.0667. The number of aliphatic imine (C=N–C) groups is 1. The Balaban J connectivity index is 2.23. The van der Waals surface area contributed by atoms with Crippen LogP contribution in [0.25, 0.3) is 0 Å². The number of anilines is 1. The van der Waals surface area contributed by atoms with E-state index in [1.165, 1.54) is 0 Å². The van der Waals surface area contributed by atoms with Crippen molar-refractivity contribution in [2.75, 3.05) is 11.9 Å². The standard InChI is InChI=1S/C15H11ClN2O2/c16-9-5-6-12-11(7-9)15(17-8-14(20)18-12)10-3-1-2-4-13(10)19/h1-7,19H,8H2,(H,18,20). The van der Waals surface area contributed by atoms with Gasteiger partial charge < -0.3 is 10.4 Å². The number of amides is 1. The van der Waals surface area contributed by atoms with Crippen LogP contribution >= 0.6 is 11.6 Å². The average Bonchev–Trinajstić information content (AvgIpc) is 2.58. The van der Waals surface area contributed by atoms with Crippen molar-refractivity contribution in [3.05, 3.63) is 58.6 Å². The van der Waals surface area contributed by atoms with Gasteiger partial charge in [-0.1, -0.05) is 23.7 Å². The molecule has 0 fully saturated rings. The van der Waals surface area contributed by atoms with Gasteiger partial charge in [-0.2, -0.15) is 0 Å². The van der Waals surface area contributed by atoms with Crippen molar-refractivity contribution in [1.82, 2.24) is 0 Å². The van der Waals surface area contributed by atoms with E-state index in [-0.39, 0.29) is 18.2 Å². The molecule has 100 valence electrons. The molecule has 0 saturated heterocycles. The highest BCUT2D eigenvalue weighted by atomic mass is 35.5. The van der Waals surface area contributed by atoms with Crippen molar-refractivity contribution in [2.24, 2.45) is 4.99 Å². The summed E-state index contributed by atoms with van der Waals surface area (Å²) in [6, 6.07) is 12.1. The SMILES string of the molecule is O=C1CN=C(c2ccccc2O)c2cc(Cl)ccc2N1. The van der Waals surface area contributed by atoms with Gasteiger partial charge in [0.05, 0.1) is 11.4 Å². The first-order chi connectivity index (χ1) is 9.65. The second kappa shape index (κ2) is 4.98. The number of fused-ring (bicyclic) bond motifs is 1. The number of hydrogen-bond acceptors (Lipinski definition) is 3. The third-order valence-electron chi connectivity index (χ3n) is 3.05. The molecule has 0 atom stereocenters. The lowest BCUT2D eigenvalue weighted by molar-refractivity contribution is -0.114. The summed E-state index contributed by atoms with van der Waals surface area (Å²) in [5.74, 6) is -0.0782. The summed E-state index contributed by atoms with van der Waals surface area (Å²) in [5.41, 5.74) is 2.47. The third-order valence-corrected chi connectivity index (χ3v) is 3.29. The van der Waals surface area contributed by atoms with E-state index in [9.17, 15) is 9.90 Å². The van der Waals surface area contributed by atoms with E-state index in [4.69, 9.17) is 11.6 Å². The molecular formula is C15H11ClN2O2. The van der Waals surface area contributed by atoms with E-state index in [2.05, 4.69) is 10.3 Å². The van der Waals surface area contributed by atoms with Crippen LogP contribution in [0.4, 0.5) is 5.69 Å². The third kappa shape index (κ3) is 2.26. The van der Waals surface area contributed by atoms with Crippen LogP contribution in [0.5, 0.6) is 5.75 Å². The van der Waals surface area contributed by atoms with Crippen LogP contribution in [0.1, 0.15) is 11.1 Å². The number of benzene rings is 2. The van der Waals surface area contributed by atoms with Gasteiger partial charge in [0.2, 0.25) is 5.91 Å². The largest absolute Gasteiger partial charge is 0.507 e. The summed E-state index contributed by atoms with van der Waals surface area (Å²) in [6.07, 6.45) is 0. The molecule has 1 heterocycles. The highest BCUT2D eigenvalue weighted by molar-refractivity contribution is 6.32. The van der Waals surface area contributed by atoms with E-state index >= 15 is 0 Å². The highest BCUT2D eigenvalue weighted by Crippen LogP contribution is 2.28.